The van der Waals surface area contributed by atoms with Crippen molar-refractivity contribution in [3.8, 4) is 0 Å². The van der Waals surface area contributed by atoms with Gasteiger partial charge in [-0.1, -0.05) is 27.2 Å². The Morgan fingerprint density at radius 3 is 2.77 bits per heavy atom. The van der Waals surface area contributed by atoms with Crippen LogP contribution >= 0.6 is 24.2 Å². The molecule has 4 heteroatoms. The Morgan fingerprint density at radius 2 is 2.23 bits per heavy atom. The van der Waals surface area contributed by atoms with Crippen molar-refractivity contribution in [2.75, 3.05) is 13.2 Å². The van der Waals surface area contributed by atoms with Gasteiger partial charge in [0.1, 0.15) is 0 Å². The van der Waals surface area contributed by atoms with E-state index in [1.165, 1.54) is 24.8 Å². The van der Waals surface area contributed by atoms with Gasteiger partial charge in [0.15, 0.2) is 0 Å². The van der Waals surface area contributed by atoms with E-state index in [1.807, 2.05) is 0 Å². The molecule has 13 heavy (non-hydrogen) atoms. The van der Waals surface area contributed by atoms with Crippen LogP contribution in [0.15, 0.2) is 0 Å². The van der Waals surface area contributed by atoms with E-state index in [0.717, 1.165) is 6.54 Å². The number of ether oxygens (including phenoxy) is 1. The maximum Gasteiger partial charge on any atom is 0.235 e. The Kier molecular flexibility index (Phi) is 8.92. The minimum absolute atomic E-state index is 0.536. The van der Waals surface area contributed by atoms with Gasteiger partial charge in [-0.2, -0.15) is 0 Å². The van der Waals surface area contributed by atoms with E-state index in [9.17, 15) is 0 Å². The highest BCUT2D eigenvalue weighted by Gasteiger charge is 1.99. The molecule has 0 aromatic heterocycles. The molecule has 0 aromatic rings. The molecule has 0 amide bonds. The van der Waals surface area contributed by atoms with Crippen molar-refractivity contribution >= 4 is 28.5 Å². The quantitative estimate of drug-likeness (QED) is 0.423. The molecule has 0 spiro atoms. The smallest absolute Gasteiger partial charge is 0.235 e. The number of thiocarbonyl (C=S) groups is 1. The van der Waals surface area contributed by atoms with Gasteiger partial charge in [-0.3, -0.25) is 4.72 Å². The first-order valence-corrected chi connectivity index (χ1v) is 5.95. The highest BCUT2D eigenvalue weighted by atomic mass is 32.2. The molecule has 2 nitrogen and oxygen atoms in total. The van der Waals surface area contributed by atoms with Crippen LogP contribution in [0, 0.1) is 5.92 Å². The van der Waals surface area contributed by atoms with Crippen molar-refractivity contribution in [1.29, 1.82) is 0 Å². The van der Waals surface area contributed by atoms with E-state index < -0.39 is 0 Å². The first-order valence-electron chi connectivity index (χ1n) is 4.73. The molecular formula is C9H19NOS2. The van der Waals surface area contributed by atoms with Crippen LogP contribution < -0.4 is 4.72 Å². The third kappa shape index (κ3) is 10.1. The van der Waals surface area contributed by atoms with E-state index >= 15 is 0 Å². The van der Waals surface area contributed by atoms with Crippen LogP contribution in [-0.2, 0) is 4.74 Å². The van der Waals surface area contributed by atoms with Crippen molar-refractivity contribution in [3.63, 3.8) is 0 Å². The second-order valence-corrected chi connectivity index (χ2v) is 4.80. The van der Waals surface area contributed by atoms with Crippen molar-refractivity contribution in [1.82, 2.24) is 4.72 Å². The molecule has 0 unspecified atom stereocenters. The SMILES string of the molecule is CCCCNSC(=S)OCC(C)C. The van der Waals surface area contributed by atoms with Gasteiger partial charge < -0.3 is 4.74 Å². The molecule has 78 valence electrons. The molecule has 0 aromatic carbocycles. The summed E-state index contributed by atoms with van der Waals surface area (Å²) in [6.45, 7) is 8.09. The molecule has 0 saturated heterocycles. The fourth-order valence-electron chi connectivity index (χ4n) is 0.623. The molecule has 0 bridgehead atoms. The predicted molar refractivity (Wildman–Crippen MR) is 63.9 cm³/mol. The Labute approximate surface area is 90.9 Å². The van der Waals surface area contributed by atoms with Gasteiger partial charge >= 0.3 is 0 Å². The number of rotatable bonds is 6. The van der Waals surface area contributed by atoms with E-state index in [0.29, 0.717) is 16.9 Å². The molecule has 0 heterocycles. The number of hydrogen-bond acceptors (Lipinski definition) is 4. The summed E-state index contributed by atoms with van der Waals surface area (Å²) >= 11 is 6.42. The predicted octanol–water partition coefficient (Wildman–Crippen LogP) is 2.98. The van der Waals surface area contributed by atoms with Gasteiger partial charge in [0.05, 0.1) is 6.61 Å². The lowest BCUT2D eigenvalue weighted by Gasteiger charge is -2.08. The number of nitrogens with one attached hydrogen (secondary N) is 1. The first-order chi connectivity index (χ1) is 6.16. The topological polar surface area (TPSA) is 21.3 Å². The summed E-state index contributed by atoms with van der Waals surface area (Å²) in [5, 5.41) is 0. The van der Waals surface area contributed by atoms with Crippen LogP contribution in [0.2, 0.25) is 0 Å². The van der Waals surface area contributed by atoms with Crippen LogP contribution in [-0.4, -0.2) is 17.5 Å². The van der Waals surface area contributed by atoms with Gasteiger partial charge in [-0.25, -0.2) is 0 Å². The zero-order valence-electron chi connectivity index (χ0n) is 8.63. The van der Waals surface area contributed by atoms with Crippen LogP contribution in [0.1, 0.15) is 33.6 Å². The van der Waals surface area contributed by atoms with Crippen molar-refractivity contribution in [2.45, 2.75) is 33.6 Å². The summed E-state index contributed by atoms with van der Waals surface area (Å²) in [7, 11) is 0. The number of hydrogen-bond donors (Lipinski definition) is 1. The van der Waals surface area contributed by atoms with Crippen molar-refractivity contribution in [2.24, 2.45) is 5.92 Å². The third-order valence-corrected chi connectivity index (χ3v) is 2.32. The summed E-state index contributed by atoms with van der Waals surface area (Å²) in [4.78, 5) is 0. The summed E-state index contributed by atoms with van der Waals surface area (Å²) in [6.07, 6.45) is 2.38. The second-order valence-electron chi connectivity index (χ2n) is 3.30. The largest absolute Gasteiger partial charge is 0.477 e. The summed E-state index contributed by atoms with van der Waals surface area (Å²) in [5.74, 6) is 0.536. The molecule has 0 radical (unpaired) electrons. The molecule has 1 N–H and O–H groups in total. The van der Waals surface area contributed by atoms with E-state index in [-0.39, 0.29) is 0 Å². The monoisotopic (exact) mass is 221 g/mol. The van der Waals surface area contributed by atoms with Gasteiger partial charge in [0.2, 0.25) is 4.38 Å². The zero-order chi connectivity index (χ0) is 10.1. The molecule has 0 saturated carbocycles. The Hall–Kier alpha value is 0.200. The van der Waals surface area contributed by atoms with Gasteiger partial charge in [0.25, 0.3) is 0 Å². The highest BCUT2D eigenvalue weighted by Crippen LogP contribution is 2.03. The van der Waals surface area contributed by atoms with Gasteiger partial charge in [-0.15, -0.1) is 0 Å². The average Bonchev–Trinajstić information content (AvgIpc) is 2.09. The Balaban J connectivity index is 3.20. The Bertz CT molecular complexity index is 140. The van der Waals surface area contributed by atoms with Crippen LogP contribution in [0.4, 0.5) is 0 Å². The second kappa shape index (κ2) is 8.78. The Morgan fingerprint density at radius 1 is 1.54 bits per heavy atom. The van der Waals surface area contributed by atoms with E-state index in [1.54, 1.807) is 0 Å². The molecule has 0 aliphatic carbocycles. The highest BCUT2D eigenvalue weighted by molar-refractivity contribution is 8.21. The van der Waals surface area contributed by atoms with Gasteiger partial charge in [-0.05, 0) is 24.6 Å². The fraction of sp³-hybridized carbons (Fsp3) is 0.889. The van der Waals surface area contributed by atoms with Crippen molar-refractivity contribution < 1.29 is 4.74 Å². The molecule has 0 aliphatic heterocycles. The maximum atomic E-state index is 5.32. The molecular weight excluding hydrogens is 202 g/mol. The summed E-state index contributed by atoms with van der Waals surface area (Å²) in [5.41, 5.74) is 0. The lowest BCUT2D eigenvalue weighted by molar-refractivity contribution is 0.272. The molecule has 0 aliphatic rings. The average molecular weight is 221 g/mol. The fourth-order valence-corrected chi connectivity index (χ4v) is 1.36. The lowest BCUT2D eigenvalue weighted by atomic mass is 10.2. The maximum absolute atomic E-state index is 5.32. The van der Waals surface area contributed by atoms with E-state index in [4.69, 9.17) is 17.0 Å². The molecule has 0 atom stereocenters. The van der Waals surface area contributed by atoms with E-state index in [2.05, 4.69) is 25.5 Å². The standard InChI is InChI=1S/C9H19NOS2/c1-4-5-6-10-13-9(12)11-7-8(2)3/h8,10H,4-7H2,1-3H3. The minimum Gasteiger partial charge on any atom is -0.477 e. The lowest BCUT2D eigenvalue weighted by Crippen LogP contribution is -2.12. The molecule has 0 rings (SSSR count). The normalized spacial score (nSPS) is 10.5. The van der Waals surface area contributed by atoms with Gasteiger partial charge in [0, 0.05) is 18.5 Å². The van der Waals surface area contributed by atoms with Crippen molar-refractivity contribution in [3.05, 3.63) is 0 Å². The zero-order valence-corrected chi connectivity index (χ0v) is 10.3. The number of unbranched alkanes of at least 4 members (excludes halogenated alkanes) is 1. The summed E-state index contributed by atoms with van der Waals surface area (Å²) in [6, 6.07) is 0. The molecule has 0 fully saturated rings. The minimum atomic E-state index is 0.536. The van der Waals surface area contributed by atoms with Crippen LogP contribution in [0.25, 0.3) is 0 Å². The van der Waals surface area contributed by atoms with Crippen LogP contribution in [0.5, 0.6) is 0 Å². The first kappa shape index (κ1) is 13.2. The summed E-state index contributed by atoms with van der Waals surface area (Å²) < 4.78 is 9.08. The third-order valence-electron chi connectivity index (χ3n) is 1.32. The van der Waals surface area contributed by atoms with Crippen LogP contribution in [0.3, 0.4) is 0 Å².